The van der Waals surface area contributed by atoms with Crippen molar-refractivity contribution in [3.05, 3.63) is 36.0 Å². The maximum Gasteiger partial charge on any atom is 0.223 e. The Balaban J connectivity index is 2.22. The van der Waals surface area contributed by atoms with E-state index in [1.165, 1.54) is 6.92 Å². The molecule has 0 bridgehead atoms. The average Bonchev–Trinajstić information content (AvgIpc) is 2.71. The Morgan fingerprint density at radius 3 is 2.94 bits per heavy atom. The molecule has 2 N–H and O–H groups in total. The van der Waals surface area contributed by atoms with Gasteiger partial charge in [0.25, 0.3) is 0 Å². The molecule has 1 aromatic carbocycles. The van der Waals surface area contributed by atoms with Gasteiger partial charge in [-0.25, -0.2) is 0 Å². The molecule has 2 rings (SSSR count). The number of hydrogen-bond donors (Lipinski definition) is 2. The number of rotatable bonds is 4. The standard InChI is InChI=1S/C13H13N2O2/c1-9(17)15-11(8-16)6-10-7-14-13-5-3-2-4-12(10)13/h2-5,7,11,14H,6H2,1H3,(H,15,17). The van der Waals surface area contributed by atoms with Crippen LogP contribution < -0.4 is 5.32 Å². The summed E-state index contributed by atoms with van der Waals surface area (Å²) in [4.78, 5) is 24.8. The highest BCUT2D eigenvalue weighted by Gasteiger charge is 2.13. The summed E-state index contributed by atoms with van der Waals surface area (Å²) in [6.07, 6.45) is 4.15. The van der Waals surface area contributed by atoms with Crippen molar-refractivity contribution in [3.63, 3.8) is 0 Å². The fourth-order valence-corrected chi connectivity index (χ4v) is 1.89. The Labute approximate surface area is 99.0 Å². The van der Waals surface area contributed by atoms with Crippen molar-refractivity contribution in [1.82, 2.24) is 10.3 Å². The van der Waals surface area contributed by atoms with E-state index in [0.29, 0.717) is 6.42 Å². The fraction of sp³-hybridized carbons (Fsp3) is 0.231. The summed E-state index contributed by atoms with van der Waals surface area (Å²) in [7, 11) is 0. The number of aromatic amines is 1. The maximum atomic E-state index is 10.9. The van der Waals surface area contributed by atoms with Crippen LogP contribution in [0.5, 0.6) is 0 Å². The van der Waals surface area contributed by atoms with Gasteiger partial charge < -0.3 is 10.3 Å². The number of benzene rings is 1. The van der Waals surface area contributed by atoms with E-state index < -0.39 is 6.04 Å². The first kappa shape index (κ1) is 11.4. The summed E-state index contributed by atoms with van der Waals surface area (Å²) in [6, 6.07) is 7.25. The van der Waals surface area contributed by atoms with Crippen LogP contribution in [0.4, 0.5) is 0 Å². The molecule has 1 unspecified atom stereocenters. The van der Waals surface area contributed by atoms with Crippen molar-refractivity contribution in [2.24, 2.45) is 0 Å². The number of aromatic nitrogens is 1. The topological polar surface area (TPSA) is 62.0 Å². The smallest absolute Gasteiger partial charge is 0.223 e. The molecule has 1 atom stereocenters. The zero-order valence-electron chi connectivity index (χ0n) is 9.49. The molecule has 1 amide bonds. The average molecular weight is 229 g/mol. The largest absolute Gasteiger partial charge is 0.361 e. The summed E-state index contributed by atoms with van der Waals surface area (Å²) in [5.74, 6) is -0.224. The lowest BCUT2D eigenvalue weighted by molar-refractivity contribution is -0.119. The van der Waals surface area contributed by atoms with E-state index in [1.807, 2.05) is 36.7 Å². The molecule has 1 heterocycles. The summed E-state index contributed by atoms with van der Waals surface area (Å²) in [5.41, 5.74) is 2.03. The van der Waals surface area contributed by atoms with Gasteiger partial charge in [-0.1, -0.05) is 18.2 Å². The number of carbonyl (C=O) groups is 1. The summed E-state index contributed by atoms with van der Waals surface area (Å²) in [5, 5.41) is 3.62. The third-order valence-electron chi connectivity index (χ3n) is 2.62. The lowest BCUT2D eigenvalue weighted by atomic mass is 10.1. The van der Waals surface area contributed by atoms with Gasteiger partial charge in [-0.3, -0.25) is 9.59 Å². The first-order chi connectivity index (χ1) is 8.20. The Bertz CT molecular complexity index is 545. The van der Waals surface area contributed by atoms with E-state index in [-0.39, 0.29) is 5.91 Å². The molecule has 0 aliphatic carbocycles. The first-order valence-corrected chi connectivity index (χ1v) is 5.40. The highest BCUT2D eigenvalue weighted by molar-refractivity contribution is 5.84. The van der Waals surface area contributed by atoms with E-state index in [1.54, 1.807) is 0 Å². The number of fused-ring (bicyclic) bond motifs is 1. The van der Waals surface area contributed by atoms with Crippen LogP contribution >= 0.6 is 0 Å². The van der Waals surface area contributed by atoms with Crippen LogP contribution in [0, 0.1) is 0 Å². The molecule has 1 radical (unpaired) electrons. The van der Waals surface area contributed by atoms with Gasteiger partial charge in [-0.15, -0.1) is 0 Å². The molecule has 0 spiro atoms. The second kappa shape index (κ2) is 4.82. The van der Waals surface area contributed by atoms with Crippen molar-refractivity contribution in [3.8, 4) is 0 Å². The predicted molar refractivity (Wildman–Crippen MR) is 65.3 cm³/mol. The quantitative estimate of drug-likeness (QED) is 0.830. The molecule has 1 aromatic heterocycles. The van der Waals surface area contributed by atoms with Crippen molar-refractivity contribution in [1.29, 1.82) is 0 Å². The maximum absolute atomic E-state index is 10.9. The molecule has 0 saturated carbocycles. The minimum Gasteiger partial charge on any atom is -0.361 e. The minimum absolute atomic E-state index is 0.224. The fourth-order valence-electron chi connectivity index (χ4n) is 1.89. The minimum atomic E-state index is -0.591. The molecule has 4 heteroatoms. The van der Waals surface area contributed by atoms with E-state index >= 15 is 0 Å². The van der Waals surface area contributed by atoms with Gasteiger partial charge in [0, 0.05) is 30.4 Å². The molecule has 0 saturated heterocycles. The molecule has 0 fully saturated rings. The monoisotopic (exact) mass is 229 g/mol. The molecule has 0 aliphatic heterocycles. The molecule has 0 aliphatic rings. The van der Waals surface area contributed by atoms with Crippen molar-refractivity contribution < 1.29 is 9.59 Å². The molecule has 87 valence electrons. The molecular weight excluding hydrogens is 216 g/mol. The number of nitrogens with one attached hydrogen (secondary N) is 2. The van der Waals surface area contributed by atoms with Gasteiger partial charge in [0.1, 0.15) is 0 Å². The lowest BCUT2D eigenvalue weighted by Crippen LogP contribution is -2.35. The van der Waals surface area contributed by atoms with Gasteiger partial charge in [0.05, 0.1) is 6.04 Å². The summed E-state index contributed by atoms with van der Waals surface area (Å²) < 4.78 is 0. The first-order valence-electron chi connectivity index (χ1n) is 5.40. The summed E-state index contributed by atoms with van der Waals surface area (Å²) in [6.45, 7) is 1.39. The number of para-hydroxylation sites is 1. The zero-order valence-corrected chi connectivity index (χ0v) is 9.49. The van der Waals surface area contributed by atoms with Crippen LogP contribution in [0.2, 0.25) is 0 Å². The Morgan fingerprint density at radius 1 is 1.47 bits per heavy atom. The third-order valence-corrected chi connectivity index (χ3v) is 2.62. The normalized spacial score (nSPS) is 12.3. The van der Waals surface area contributed by atoms with Crippen molar-refractivity contribution >= 4 is 23.1 Å². The Morgan fingerprint density at radius 2 is 2.24 bits per heavy atom. The summed E-state index contributed by atoms with van der Waals surface area (Å²) >= 11 is 0. The Kier molecular flexibility index (Phi) is 3.23. The van der Waals surface area contributed by atoms with E-state index in [2.05, 4.69) is 10.3 Å². The molecule has 2 aromatic rings. The molecular formula is C13H13N2O2. The van der Waals surface area contributed by atoms with E-state index in [9.17, 15) is 9.59 Å². The van der Waals surface area contributed by atoms with Crippen LogP contribution in [0.15, 0.2) is 30.5 Å². The number of H-pyrrole nitrogens is 1. The second-order valence-corrected chi connectivity index (χ2v) is 3.93. The van der Waals surface area contributed by atoms with Crippen molar-refractivity contribution in [2.75, 3.05) is 0 Å². The van der Waals surface area contributed by atoms with Gasteiger partial charge >= 0.3 is 0 Å². The second-order valence-electron chi connectivity index (χ2n) is 3.93. The van der Waals surface area contributed by atoms with Crippen molar-refractivity contribution in [2.45, 2.75) is 19.4 Å². The zero-order chi connectivity index (χ0) is 12.3. The van der Waals surface area contributed by atoms with E-state index in [4.69, 9.17) is 0 Å². The number of hydrogen-bond acceptors (Lipinski definition) is 2. The van der Waals surface area contributed by atoms with Crippen LogP contribution in [-0.2, 0) is 16.0 Å². The molecule has 17 heavy (non-hydrogen) atoms. The van der Waals surface area contributed by atoms with Gasteiger partial charge in [0.2, 0.25) is 12.2 Å². The van der Waals surface area contributed by atoms with Gasteiger partial charge in [-0.05, 0) is 11.6 Å². The predicted octanol–water partition coefficient (Wildman–Crippen LogP) is 1.32. The number of carbonyl (C=O) groups excluding carboxylic acids is 2. The SMILES string of the molecule is CC(=O)NC([C]=O)Cc1c[nH]c2ccccc12. The lowest BCUT2D eigenvalue weighted by Gasteiger charge is -2.09. The van der Waals surface area contributed by atoms with Crippen LogP contribution in [0.3, 0.4) is 0 Å². The number of amides is 1. The highest BCUT2D eigenvalue weighted by atomic mass is 16.2. The highest BCUT2D eigenvalue weighted by Crippen LogP contribution is 2.18. The van der Waals surface area contributed by atoms with Gasteiger partial charge in [0.15, 0.2) is 0 Å². The van der Waals surface area contributed by atoms with Crippen LogP contribution in [0.1, 0.15) is 12.5 Å². The van der Waals surface area contributed by atoms with Gasteiger partial charge in [-0.2, -0.15) is 0 Å². The Hall–Kier alpha value is -2.10. The van der Waals surface area contributed by atoms with Crippen LogP contribution in [0.25, 0.3) is 10.9 Å². The van der Waals surface area contributed by atoms with E-state index in [0.717, 1.165) is 16.5 Å². The third kappa shape index (κ3) is 2.53. The molecule has 4 nitrogen and oxygen atoms in total. The van der Waals surface area contributed by atoms with Crippen LogP contribution in [-0.4, -0.2) is 23.2 Å².